The van der Waals surface area contributed by atoms with Crippen LogP contribution in [0.3, 0.4) is 0 Å². The van der Waals surface area contributed by atoms with Gasteiger partial charge >= 0.3 is 0 Å². The minimum absolute atomic E-state index is 0.0815. The quantitative estimate of drug-likeness (QED) is 0.695. The zero-order chi connectivity index (χ0) is 19.3. The van der Waals surface area contributed by atoms with Crippen LogP contribution in [0.5, 0.6) is 0 Å². The molecule has 0 saturated heterocycles. The summed E-state index contributed by atoms with van der Waals surface area (Å²) in [5, 5.41) is 5.46. The van der Waals surface area contributed by atoms with Crippen LogP contribution in [0.15, 0.2) is 53.4 Å². The predicted octanol–water partition coefficient (Wildman–Crippen LogP) is 2.01. The van der Waals surface area contributed by atoms with Gasteiger partial charge in [0.05, 0.1) is 15.5 Å². The molecule has 26 heavy (non-hydrogen) atoms. The normalized spacial score (nSPS) is 12.3. The van der Waals surface area contributed by atoms with Gasteiger partial charge in [-0.15, -0.1) is 0 Å². The first kappa shape index (κ1) is 19.9. The topological polar surface area (TPSA) is 104 Å². The van der Waals surface area contributed by atoms with Crippen molar-refractivity contribution in [3.05, 3.63) is 59.1 Å². The summed E-state index contributed by atoms with van der Waals surface area (Å²) in [6, 6.07) is 11.4. The zero-order valence-corrected chi connectivity index (χ0v) is 15.7. The Balaban J connectivity index is 2.01. The first-order valence-corrected chi connectivity index (χ1v) is 9.50. The Hall–Kier alpha value is -2.42. The molecular formula is C17H18ClN3O4S. The van der Waals surface area contributed by atoms with E-state index < -0.39 is 27.9 Å². The number of sulfonamides is 1. The summed E-state index contributed by atoms with van der Waals surface area (Å²) >= 11 is 5.96. The van der Waals surface area contributed by atoms with E-state index in [0.717, 1.165) is 0 Å². The maximum absolute atomic E-state index is 12.2. The number of hydrogen-bond acceptors (Lipinski definition) is 4. The highest BCUT2D eigenvalue weighted by molar-refractivity contribution is 7.89. The third kappa shape index (κ3) is 4.81. The lowest BCUT2D eigenvalue weighted by molar-refractivity contribution is -0.117. The Kier molecular flexibility index (Phi) is 6.36. The molecule has 0 heterocycles. The van der Waals surface area contributed by atoms with Crippen LogP contribution in [0.25, 0.3) is 0 Å². The summed E-state index contributed by atoms with van der Waals surface area (Å²) in [5.74, 6) is -0.914. The molecule has 0 aliphatic heterocycles. The molecule has 2 rings (SSSR count). The molecule has 9 heteroatoms. The van der Waals surface area contributed by atoms with Gasteiger partial charge in [-0.2, -0.15) is 0 Å². The fourth-order valence-corrected chi connectivity index (χ4v) is 3.02. The molecule has 7 nitrogen and oxygen atoms in total. The van der Waals surface area contributed by atoms with E-state index in [2.05, 4.69) is 15.4 Å². The van der Waals surface area contributed by atoms with E-state index in [1.807, 2.05) is 0 Å². The van der Waals surface area contributed by atoms with Crippen molar-refractivity contribution in [2.75, 3.05) is 12.4 Å². The molecular weight excluding hydrogens is 378 g/mol. The summed E-state index contributed by atoms with van der Waals surface area (Å²) in [6.07, 6.45) is 0. The minimum Gasteiger partial charge on any atom is -0.340 e. The van der Waals surface area contributed by atoms with E-state index in [0.29, 0.717) is 10.7 Å². The average molecular weight is 396 g/mol. The van der Waals surface area contributed by atoms with Crippen LogP contribution >= 0.6 is 11.6 Å². The predicted molar refractivity (Wildman–Crippen MR) is 99.7 cm³/mol. The molecule has 138 valence electrons. The van der Waals surface area contributed by atoms with Crippen molar-refractivity contribution in [3.8, 4) is 0 Å². The van der Waals surface area contributed by atoms with E-state index in [9.17, 15) is 18.0 Å². The van der Waals surface area contributed by atoms with Crippen molar-refractivity contribution >= 4 is 39.1 Å². The molecule has 0 fully saturated rings. The second-order valence-electron chi connectivity index (χ2n) is 5.40. The molecule has 2 aromatic rings. The molecule has 0 unspecified atom stereocenters. The number of anilines is 1. The monoisotopic (exact) mass is 395 g/mol. The highest BCUT2D eigenvalue weighted by Gasteiger charge is 2.18. The summed E-state index contributed by atoms with van der Waals surface area (Å²) < 4.78 is 25.5. The fourth-order valence-electron chi connectivity index (χ4n) is 2.07. The van der Waals surface area contributed by atoms with Crippen molar-refractivity contribution in [2.24, 2.45) is 0 Å². The zero-order valence-electron chi connectivity index (χ0n) is 14.1. The maximum atomic E-state index is 12.2. The third-order valence-electron chi connectivity index (χ3n) is 3.56. The van der Waals surface area contributed by atoms with Gasteiger partial charge in [0, 0.05) is 5.69 Å². The molecule has 3 N–H and O–H groups in total. The van der Waals surface area contributed by atoms with Crippen LogP contribution in [-0.2, 0) is 14.8 Å². The second kappa shape index (κ2) is 8.31. The van der Waals surface area contributed by atoms with Crippen LogP contribution in [0.1, 0.15) is 17.3 Å². The summed E-state index contributed by atoms with van der Waals surface area (Å²) in [7, 11) is -2.23. The van der Waals surface area contributed by atoms with Crippen LogP contribution in [-0.4, -0.2) is 33.3 Å². The summed E-state index contributed by atoms with van der Waals surface area (Å²) in [5.41, 5.74) is 0.680. The first-order chi connectivity index (χ1) is 12.2. The highest BCUT2D eigenvalue weighted by atomic mass is 35.5. The van der Waals surface area contributed by atoms with E-state index in [1.165, 1.54) is 38.2 Å². The largest absolute Gasteiger partial charge is 0.340 e. The highest BCUT2D eigenvalue weighted by Crippen LogP contribution is 2.16. The van der Waals surface area contributed by atoms with Crippen LogP contribution < -0.4 is 15.4 Å². The van der Waals surface area contributed by atoms with Crippen molar-refractivity contribution in [1.29, 1.82) is 0 Å². The molecule has 2 amide bonds. The van der Waals surface area contributed by atoms with Crippen molar-refractivity contribution in [2.45, 2.75) is 17.9 Å². The van der Waals surface area contributed by atoms with Crippen LogP contribution in [0.2, 0.25) is 5.02 Å². The van der Waals surface area contributed by atoms with Crippen LogP contribution in [0.4, 0.5) is 5.69 Å². The number of rotatable bonds is 6. The van der Waals surface area contributed by atoms with Gasteiger partial charge in [0.15, 0.2) is 0 Å². The lowest BCUT2D eigenvalue weighted by Crippen LogP contribution is -2.41. The number of amides is 2. The lowest BCUT2D eigenvalue weighted by Gasteiger charge is -2.15. The van der Waals surface area contributed by atoms with Gasteiger partial charge in [-0.25, -0.2) is 13.1 Å². The van der Waals surface area contributed by atoms with E-state index in [4.69, 9.17) is 11.6 Å². The van der Waals surface area contributed by atoms with Gasteiger partial charge in [-0.1, -0.05) is 23.7 Å². The Labute approximate surface area is 156 Å². The first-order valence-electron chi connectivity index (χ1n) is 7.64. The van der Waals surface area contributed by atoms with E-state index in [-0.39, 0.29) is 10.5 Å². The van der Waals surface area contributed by atoms with E-state index in [1.54, 1.807) is 24.3 Å². The van der Waals surface area contributed by atoms with Gasteiger partial charge in [0.2, 0.25) is 15.9 Å². The molecule has 0 aliphatic rings. The molecule has 0 aromatic heterocycles. The van der Waals surface area contributed by atoms with Crippen LogP contribution in [0, 0.1) is 0 Å². The van der Waals surface area contributed by atoms with Gasteiger partial charge in [-0.05, 0) is 50.4 Å². The SMILES string of the molecule is CNS(=O)(=O)c1ccc(NC(=O)[C@H](C)NC(=O)c2ccccc2Cl)cc1. The smallest absolute Gasteiger partial charge is 0.253 e. The van der Waals surface area contributed by atoms with Crippen molar-refractivity contribution < 1.29 is 18.0 Å². The molecule has 0 radical (unpaired) electrons. The molecule has 2 aromatic carbocycles. The Morgan fingerprint density at radius 3 is 2.23 bits per heavy atom. The van der Waals surface area contributed by atoms with Gasteiger partial charge in [-0.3, -0.25) is 9.59 Å². The number of nitrogens with one attached hydrogen (secondary N) is 3. The Morgan fingerprint density at radius 2 is 1.65 bits per heavy atom. The van der Waals surface area contributed by atoms with E-state index >= 15 is 0 Å². The molecule has 0 bridgehead atoms. The number of carbonyl (C=O) groups excluding carboxylic acids is 2. The summed E-state index contributed by atoms with van der Waals surface area (Å²) in [6.45, 7) is 1.53. The standard InChI is InChI=1S/C17H18ClN3O4S/c1-11(20-17(23)14-5-3-4-6-15(14)18)16(22)21-12-7-9-13(10-8-12)26(24,25)19-2/h3-11,19H,1-2H3,(H,20,23)(H,21,22)/t11-/m0/s1. The minimum atomic E-state index is -3.54. The lowest BCUT2D eigenvalue weighted by atomic mass is 10.2. The van der Waals surface area contributed by atoms with Crippen molar-refractivity contribution in [3.63, 3.8) is 0 Å². The Bertz CT molecular complexity index is 914. The molecule has 0 aliphatic carbocycles. The van der Waals surface area contributed by atoms with Crippen molar-refractivity contribution in [1.82, 2.24) is 10.0 Å². The number of hydrogen-bond donors (Lipinski definition) is 3. The fraction of sp³-hybridized carbons (Fsp3) is 0.176. The maximum Gasteiger partial charge on any atom is 0.253 e. The number of carbonyl (C=O) groups is 2. The number of benzene rings is 2. The summed E-state index contributed by atoms with van der Waals surface area (Å²) in [4.78, 5) is 24.5. The second-order valence-corrected chi connectivity index (χ2v) is 7.69. The Morgan fingerprint density at radius 1 is 1.04 bits per heavy atom. The average Bonchev–Trinajstić information content (AvgIpc) is 2.62. The molecule has 0 saturated carbocycles. The third-order valence-corrected chi connectivity index (χ3v) is 5.32. The molecule has 1 atom stereocenters. The van der Waals surface area contributed by atoms with Gasteiger partial charge in [0.1, 0.15) is 6.04 Å². The van der Waals surface area contributed by atoms with Gasteiger partial charge < -0.3 is 10.6 Å². The molecule has 0 spiro atoms. The van der Waals surface area contributed by atoms with Gasteiger partial charge in [0.25, 0.3) is 5.91 Å². The number of halogens is 1.